The Balaban J connectivity index is 1.81. The van der Waals surface area contributed by atoms with E-state index in [9.17, 15) is 9.90 Å². The minimum absolute atomic E-state index is 0.102. The van der Waals surface area contributed by atoms with E-state index in [4.69, 9.17) is 4.42 Å². The van der Waals surface area contributed by atoms with Crippen LogP contribution in [0.15, 0.2) is 41.1 Å². The maximum atomic E-state index is 11.8. The molecule has 2 aromatic rings. The molecular formula is C16H20N2O3. The predicted molar refractivity (Wildman–Crippen MR) is 78.6 cm³/mol. The number of furan rings is 1. The fourth-order valence-electron chi connectivity index (χ4n) is 1.98. The highest BCUT2D eigenvalue weighted by atomic mass is 16.4. The van der Waals surface area contributed by atoms with Crippen molar-refractivity contribution in [3.63, 3.8) is 0 Å². The Hall–Kier alpha value is -2.14. The Morgan fingerprint density at radius 2 is 2.05 bits per heavy atom. The number of aliphatic hydroxyl groups is 1. The summed E-state index contributed by atoms with van der Waals surface area (Å²) in [5.41, 5.74) is -0.144. The van der Waals surface area contributed by atoms with E-state index in [1.807, 2.05) is 19.1 Å². The molecule has 1 unspecified atom stereocenters. The summed E-state index contributed by atoms with van der Waals surface area (Å²) in [6, 6.07) is 7.28. The Morgan fingerprint density at radius 3 is 2.67 bits per heavy atom. The van der Waals surface area contributed by atoms with Crippen LogP contribution in [-0.2, 0) is 16.8 Å². The number of carbonyl (C=O) groups excluding carboxylic acids is 1. The molecule has 112 valence electrons. The number of aryl methyl sites for hydroxylation is 2. The highest BCUT2D eigenvalue weighted by Gasteiger charge is 2.27. The van der Waals surface area contributed by atoms with Gasteiger partial charge in [-0.25, -0.2) is 0 Å². The molecule has 0 saturated heterocycles. The minimum atomic E-state index is -1.21. The van der Waals surface area contributed by atoms with Gasteiger partial charge in [0.05, 0.1) is 6.54 Å². The molecule has 0 bridgehead atoms. The van der Waals surface area contributed by atoms with Crippen LogP contribution < -0.4 is 5.32 Å². The summed E-state index contributed by atoms with van der Waals surface area (Å²) in [5, 5.41) is 13.1. The van der Waals surface area contributed by atoms with Gasteiger partial charge in [-0.2, -0.15) is 0 Å². The SMILES string of the molecule is Cc1ccc(C(C)(O)CNC(=O)CCc2ccncc2)o1. The van der Waals surface area contributed by atoms with Gasteiger partial charge >= 0.3 is 0 Å². The first-order valence-corrected chi connectivity index (χ1v) is 6.92. The Bertz CT molecular complexity index is 591. The van der Waals surface area contributed by atoms with E-state index in [1.165, 1.54) is 0 Å². The van der Waals surface area contributed by atoms with Crippen molar-refractivity contribution in [2.24, 2.45) is 0 Å². The van der Waals surface area contributed by atoms with E-state index in [0.29, 0.717) is 18.6 Å². The van der Waals surface area contributed by atoms with Gasteiger partial charge in [0.2, 0.25) is 5.91 Å². The van der Waals surface area contributed by atoms with Crippen LogP contribution in [0.1, 0.15) is 30.4 Å². The van der Waals surface area contributed by atoms with Gasteiger partial charge in [-0.1, -0.05) is 0 Å². The first-order valence-electron chi connectivity index (χ1n) is 6.92. The van der Waals surface area contributed by atoms with Crippen LogP contribution >= 0.6 is 0 Å². The zero-order valence-electron chi connectivity index (χ0n) is 12.3. The normalized spacial score (nSPS) is 13.7. The number of pyridine rings is 1. The number of amides is 1. The van der Waals surface area contributed by atoms with E-state index >= 15 is 0 Å². The number of hydrogen-bond donors (Lipinski definition) is 2. The van der Waals surface area contributed by atoms with Crippen molar-refractivity contribution in [1.82, 2.24) is 10.3 Å². The molecule has 21 heavy (non-hydrogen) atoms. The maximum absolute atomic E-state index is 11.8. The van der Waals surface area contributed by atoms with Gasteiger partial charge in [0.25, 0.3) is 0 Å². The standard InChI is InChI=1S/C16H20N2O3/c1-12-3-5-14(21-12)16(2,20)11-18-15(19)6-4-13-7-9-17-10-8-13/h3,5,7-10,20H,4,6,11H2,1-2H3,(H,18,19). The van der Waals surface area contributed by atoms with E-state index in [1.54, 1.807) is 31.5 Å². The van der Waals surface area contributed by atoms with Gasteiger partial charge < -0.3 is 14.8 Å². The average Bonchev–Trinajstić information content (AvgIpc) is 2.92. The number of aromatic nitrogens is 1. The number of carbonyl (C=O) groups is 1. The van der Waals surface area contributed by atoms with Gasteiger partial charge in [0, 0.05) is 18.8 Å². The molecule has 5 heteroatoms. The molecule has 0 aliphatic rings. The first-order chi connectivity index (χ1) is 9.97. The summed E-state index contributed by atoms with van der Waals surface area (Å²) >= 11 is 0. The van der Waals surface area contributed by atoms with Gasteiger partial charge in [-0.3, -0.25) is 9.78 Å². The van der Waals surface area contributed by atoms with E-state index in [-0.39, 0.29) is 12.5 Å². The van der Waals surface area contributed by atoms with Gasteiger partial charge in [-0.05, 0) is 50.1 Å². The summed E-state index contributed by atoms with van der Waals surface area (Å²) in [4.78, 5) is 15.8. The Labute approximate surface area is 124 Å². The molecule has 2 heterocycles. The Kier molecular flexibility index (Phi) is 4.75. The van der Waals surface area contributed by atoms with Crippen molar-refractivity contribution < 1.29 is 14.3 Å². The fourth-order valence-corrected chi connectivity index (χ4v) is 1.98. The summed E-state index contributed by atoms with van der Waals surface area (Å²) in [6.45, 7) is 3.55. The molecule has 0 aromatic carbocycles. The van der Waals surface area contributed by atoms with Crippen molar-refractivity contribution in [2.45, 2.75) is 32.3 Å². The highest BCUT2D eigenvalue weighted by Crippen LogP contribution is 2.21. The van der Waals surface area contributed by atoms with Crippen LogP contribution in [0.2, 0.25) is 0 Å². The molecule has 2 aromatic heterocycles. The molecule has 5 nitrogen and oxygen atoms in total. The lowest BCUT2D eigenvalue weighted by molar-refractivity contribution is -0.122. The quantitative estimate of drug-likeness (QED) is 0.851. The van der Waals surface area contributed by atoms with Crippen LogP contribution in [0.3, 0.4) is 0 Å². The predicted octanol–water partition coefficient (Wildman–Crippen LogP) is 1.94. The summed E-state index contributed by atoms with van der Waals surface area (Å²) in [6.07, 6.45) is 4.43. The molecule has 0 aliphatic heterocycles. The fraction of sp³-hybridized carbons (Fsp3) is 0.375. The van der Waals surface area contributed by atoms with E-state index in [0.717, 1.165) is 11.3 Å². The number of rotatable bonds is 6. The second-order valence-corrected chi connectivity index (χ2v) is 5.32. The maximum Gasteiger partial charge on any atom is 0.220 e. The molecule has 0 saturated carbocycles. The molecule has 0 radical (unpaired) electrons. The zero-order valence-corrected chi connectivity index (χ0v) is 12.3. The van der Waals surface area contributed by atoms with Crippen molar-refractivity contribution in [2.75, 3.05) is 6.54 Å². The lowest BCUT2D eigenvalue weighted by Crippen LogP contribution is -2.38. The minimum Gasteiger partial charge on any atom is -0.463 e. The Morgan fingerprint density at radius 1 is 1.33 bits per heavy atom. The van der Waals surface area contributed by atoms with Crippen molar-refractivity contribution in [3.8, 4) is 0 Å². The molecule has 1 amide bonds. The molecule has 2 rings (SSSR count). The second kappa shape index (κ2) is 6.54. The third kappa shape index (κ3) is 4.43. The highest BCUT2D eigenvalue weighted by molar-refractivity contribution is 5.76. The topological polar surface area (TPSA) is 75.4 Å². The van der Waals surface area contributed by atoms with E-state index in [2.05, 4.69) is 10.3 Å². The molecular weight excluding hydrogens is 268 g/mol. The molecule has 1 atom stereocenters. The summed E-state index contributed by atoms with van der Waals surface area (Å²) in [5.74, 6) is 1.08. The lowest BCUT2D eigenvalue weighted by atomic mass is 10.0. The third-order valence-corrected chi connectivity index (χ3v) is 3.29. The van der Waals surface area contributed by atoms with Crippen LogP contribution in [0, 0.1) is 6.92 Å². The van der Waals surface area contributed by atoms with Crippen LogP contribution in [-0.4, -0.2) is 22.5 Å². The van der Waals surface area contributed by atoms with Gasteiger partial charge in [0.15, 0.2) is 0 Å². The van der Waals surface area contributed by atoms with E-state index < -0.39 is 5.60 Å². The molecule has 2 N–H and O–H groups in total. The largest absolute Gasteiger partial charge is 0.463 e. The van der Waals surface area contributed by atoms with Gasteiger partial charge in [0.1, 0.15) is 17.1 Å². The van der Waals surface area contributed by atoms with Crippen molar-refractivity contribution in [1.29, 1.82) is 0 Å². The third-order valence-electron chi connectivity index (χ3n) is 3.29. The number of hydrogen-bond acceptors (Lipinski definition) is 4. The average molecular weight is 288 g/mol. The van der Waals surface area contributed by atoms with Crippen LogP contribution in [0.4, 0.5) is 0 Å². The lowest BCUT2D eigenvalue weighted by Gasteiger charge is -2.21. The summed E-state index contributed by atoms with van der Waals surface area (Å²) < 4.78 is 5.40. The zero-order chi connectivity index (χ0) is 15.3. The molecule has 0 fully saturated rings. The van der Waals surface area contributed by atoms with Crippen molar-refractivity contribution >= 4 is 5.91 Å². The smallest absolute Gasteiger partial charge is 0.220 e. The van der Waals surface area contributed by atoms with Crippen LogP contribution in [0.5, 0.6) is 0 Å². The van der Waals surface area contributed by atoms with Crippen molar-refractivity contribution in [3.05, 3.63) is 53.7 Å². The van der Waals surface area contributed by atoms with Crippen LogP contribution in [0.25, 0.3) is 0 Å². The van der Waals surface area contributed by atoms with Gasteiger partial charge in [-0.15, -0.1) is 0 Å². The molecule has 0 spiro atoms. The summed E-state index contributed by atoms with van der Waals surface area (Å²) in [7, 11) is 0. The molecule has 0 aliphatic carbocycles. The monoisotopic (exact) mass is 288 g/mol. The second-order valence-electron chi connectivity index (χ2n) is 5.32. The number of nitrogens with zero attached hydrogens (tertiary/aromatic N) is 1. The first kappa shape index (κ1) is 15.3. The number of nitrogens with one attached hydrogen (secondary N) is 1.